The Hall–Kier alpha value is -1.98. The number of hydrogen-bond acceptors (Lipinski definition) is 3. The fraction of sp³-hybridized carbons (Fsp3) is 0.273. The summed E-state index contributed by atoms with van der Waals surface area (Å²) in [5.41, 5.74) is 1.46. The van der Waals surface area contributed by atoms with E-state index >= 15 is 0 Å². The van der Waals surface area contributed by atoms with Crippen LogP contribution in [0.5, 0.6) is 0 Å². The van der Waals surface area contributed by atoms with Gasteiger partial charge in [-0.05, 0) is 25.1 Å². The van der Waals surface area contributed by atoms with Crippen LogP contribution >= 0.6 is 0 Å². The van der Waals surface area contributed by atoms with Crippen molar-refractivity contribution in [2.75, 3.05) is 5.32 Å². The molecule has 1 atom stereocenters. The minimum atomic E-state index is -2.39. The Kier molecular flexibility index (Phi) is 3.32. The van der Waals surface area contributed by atoms with Crippen LogP contribution in [0.15, 0.2) is 36.9 Å². The first-order valence-corrected chi connectivity index (χ1v) is 5.16. The monoisotopic (exact) mass is 238 g/mol. The van der Waals surface area contributed by atoms with Crippen LogP contribution < -0.4 is 5.32 Å². The lowest BCUT2D eigenvalue weighted by Crippen LogP contribution is -2.23. The van der Waals surface area contributed by atoms with Crippen LogP contribution in [0.1, 0.15) is 6.92 Å². The number of anilines is 1. The van der Waals surface area contributed by atoms with Gasteiger partial charge < -0.3 is 5.32 Å². The zero-order valence-corrected chi connectivity index (χ0v) is 9.22. The smallest absolute Gasteiger partial charge is 0.258 e. The molecule has 4 nitrogen and oxygen atoms in total. The first kappa shape index (κ1) is 11.5. The fourth-order valence-corrected chi connectivity index (χ4v) is 1.42. The van der Waals surface area contributed by atoms with Crippen molar-refractivity contribution < 1.29 is 8.78 Å². The topological polar surface area (TPSA) is 42.7 Å². The molecular weight excluding hydrogens is 226 g/mol. The van der Waals surface area contributed by atoms with Crippen LogP contribution in [-0.2, 0) is 0 Å². The zero-order chi connectivity index (χ0) is 12.3. The molecule has 1 heterocycles. The minimum Gasteiger partial charge on any atom is -0.377 e. The van der Waals surface area contributed by atoms with Crippen molar-refractivity contribution in [2.45, 2.75) is 19.4 Å². The van der Waals surface area contributed by atoms with E-state index in [2.05, 4.69) is 15.5 Å². The van der Waals surface area contributed by atoms with Crippen molar-refractivity contribution in [2.24, 2.45) is 0 Å². The van der Waals surface area contributed by atoms with E-state index in [1.807, 2.05) is 6.07 Å². The molecule has 90 valence electrons. The summed E-state index contributed by atoms with van der Waals surface area (Å²) in [7, 11) is 0. The molecule has 1 aromatic carbocycles. The second kappa shape index (κ2) is 4.90. The van der Waals surface area contributed by atoms with Gasteiger partial charge in [-0.15, -0.1) is 10.2 Å². The number of aromatic nitrogens is 3. The van der Waals surface area contributed by atoms with Gasteiger partial charge in [-0.3, -0.25) is 4.57 Å². The van der Waals surface area contributed by atoms with Crippen molar-refractivity contribution in [1.29, 1.82) is 0 Å². The van der Waals surface area contributed by atoms with Gasteiger partial charge >= 0.3 is 0 Å². The van der Waals surface area contributed by atoms with E-state index in [0.717, 1.165) is 5.69 Å². The van der Waals surface area contributed by atoms with Gasteiger partial charge in [-0.1, -0.05) is 6.07 Å². The molecule has 1 unspecified atom stereocenters. The number of halogens is 2. The molecule has 0 aliphatic heterocycles. The Balaban J connectivity index is 2.18. The zero-order valence-electron chi connectivity index (χ0n) is 9.22. The van der Waals surface area contributed by atoms with Crippen molar-refractivity contribution in [3.05, 3.63) is 36.9 Å². The molecule has 0 aliphatic rings. The summed E-state index contributed by atoms with van der Waals surface area (Å²) in [5.74, 6) is 0. The first-order chi connectivity index (χ1) is 8.16. The molecule has 0 amide bonds. The number of nitrogens with one attached hydrogen (secondary N) is 1. The molecule has 1 aromatic heterocycles. The van der Waals surface area contributed by atoms with Crippen LogP contribution in [-0.4, -0.2) is 27.2 Å². The normalized spacial score (nSPS) is 12.7. The predicted molar refractivity (Wildman–Crippen MR) is 60.4 cm³/mol. The van der Waals surface area contributed by atoms with E-state index in [-0.39, 0.29) is 0 Å². The third kappa shape index (κ3) is 2.77. The highest BCUT2D eigenvalue weighted by molar-refractivity contribution is 5.51. The highest BCUT2D eigenvalue weighted by Crippen LogP contribution is 2.16. The highest BCUT2D eigenvalue weighted by Gasteiger charge is 2.13. The van der Waals surface area contributed by atoms with Crippen molar-refractivity contribution in [3.8, 4) is 5.69 Å². The van der Waals surface area contributed by atoms with Gasteiger partial charge in [-0.2, -0.15) is 0 Å². The van der Waals surface area contributed by atoms with Gasteiger partial charge in [0.25, 0.3) is 6.43 Å². The summed E-state index contributed by atoms with van der Waals surface area (Å²) < 4.78 is 26.5. The molecule has 0 fully saturated rings. The Morgan fingerprint density at radius 2 is 1.94 bits per heavy atom. The molecule has 2 aromatic rings. The van der Waals surface area contributed by atoms with Gasteiger partial charge in [0, 0.05) is 5.69 Å². The molecule has 0 saturated heterocycles. The maximum absolute atomic E-state index is 12.4. The van der Waals surface area contributed by atoms with Crippen molar-refractivity contribution in [3.63, 3.8) is 0 Å². The summed E-state index contributed by atoms with van der Waals surface area (Å²) >= 11 is 0. The van der Waals surface area contributed by atoms with Gasteiger partial charge in [0.2, 0.25) is 0 Å². The average molecular weight is 238 g/mol. The van der Waals surface area contributed by atoms with E-state index in [0.29, 0.717) is 5.69 Å². The SMILES string of the molecule is CC(Nc1cccc(-n2cnnc2)c1)C(F)F. The summed E-state index contributed by atoms with van der Waals surface area (Å²) in [6.07, 6.45) is 0.708. The Bertz CT molecular complexity index is 470. The highest BCUT2D eigenvalue weighted by atomic mass is 19.3. The lowest BCUT2D eigenvalue weighted by Gasteiger charge is -2.14. The Labute approximate surface area is 97.3 Å². The van der Waals surface area contributed by atoms with Crippen molar-refractivity contribution >= 4 is 5.69 Å². The van der Waals surface area contributed by atoms with Crippen LogP contribution in [0.4, 0.5) is 14.5 Å². The Morgan fingerprint density at radius 3 is 2.59 bits per heavy atom. The van der Waals surface area contributed by atoms with E-state index < -0.39 is 12.5 Å². The molecule has 0 bridgehead atoms. The van der Waals surface area contributed by atoms with Crippen molar-refractivity contribution in [1.82, 2.24) is 14.8 Å². The lowest BCUT2D eigenvalue weighted by molar-refractivity contribution is 0.131. The van der Waals surface area contributed by atoms with E-state index in [1.54, 1.807) is 35.4 Å². The fourth-order valence-electron chi connectivity index (χ4n) is 1.42. The molecule has 2 rings (SSSR count). The quantitative estimate of drug-likeness (QED) is 0.889. The predicted octanol–water partition coefficient (Wildman–Crippen LogP) is 2.33. The van der Waals surface area contributed by atoms with Crippen LogP contribution in [0, 0.1) is 0 Å². The van der Waals surface area contributed by atoms with E-state index in [1.165, 1.54) is 6.92 Å². The second-order valence-corrected chi connectivity index (χ2v) is 3.69. The van der Waals surface area contributed by atoms with Gasteiger partial charge in [0.05, 0.1) is 11.7 Å². The second-order valence-electron chi connectivity index (χ2n) is 3.69. The number of nitrogens with zero attached hydrogens (tertiary/aromatic N) is 3. The molecule has 0 saturated carbocycles. The van der Waals surface area contributed by atoms with Crippen LogP contribution in [0.2, 0.25) is 0 Å². The molecular formula is C11H12F2N4. The van der Waals surface area contributed by atoms with Crippen LogP contribution in [0.3, 0.4) is 0 Å². The molecule has 0 spiro atoms. The minimum absolute atomic E-state index is 0.643. The maximum Gasteiger partial charge on any atom is 0.258 e. The Morgan fingerprint density at radius 1 is 1.24 bits per heavy atom. The van der Waals surface area contributed by atoms with E-state index in [4.69, 9.17) is 0 Å². The molecule has 0 aliphatic carbocycles. The lowest BCUT2D eigenvalue weighted by atomic mass is 10.2. The standard InChI is InChI=1S/C11H12F2N4/c1-8(11(12)13)16-9-3-2-4-10(5-9)17-6-14-15-7-17/h2-8,11,16H,1H3. The molecule has 17 heavy (non-hydrogen) atoms. The van der Waals surface area contributed by atoms with Gasteiger partial charge in [-0.25, -0.2) is 8.78 Å². The molecule has 0 radical (unpaired) electrons. The van der Waals surface area contributed by atoms with Gasteiger partial charge in [0.15, 0.2) is 0 Å². The number of alkyl halides is 2. The average Bonchev–Trinajstić information content (AvgIpc) is 2.82. The van der Waals surface area contributed by atoms with Crippen LogP contribution in [0.25, 0.3) is 5.69 Å². The third-order valence-corrected chi connectivity index (χ3v) is 2.34. The first-order valence-electron chi connectivity index (χ1n) is 5.16. The summed E-state index contributed by atoms with van der Waals surface area (Å²) in [6.45, 7) is 1.44. The van der Waals surface area contributed by atoms with Gasteiger partial charge in [0.1, 0.15) is 12.7 Å². The molecule has 6 heteroatoms. The van der Waals surface area contributed by atoms with E-state index in [9.17, 15) is 8.78 Å². The number of benzene rings is 1. The third-order valence-electron chi connectivity index (χ3n) is 2.34. The summed E-state index contributed by atoms with van der Waals surface area (Å²) in [6, 6.07) is 6.26. The largest absolute Gasteiger partial charge is 0.377 e. The summed E-state index contributed by atoms with van der Waals surface area (Å²) in [4.78, 5) is 0. The number of rotatable bonds is 4. The summed E-state index contributed by atoms with van der Waals surface area (Å²) in [5, 5.41) is 10.1. The maximum atomic E-state index is 12.4. The molecule has 1 N–H and O–H groups in total. The number of hydrogen-bond donors (Lipinski definition) is 1.